The van der Waals surface area contributed by atoms with E-state index >= 15 is 0 Å². The van der Waals surface area contributed by atoms with Crippen LogP contribution in [0.4, 0.5) is 0 Å². The number of benzene rings is 1. The van der Waals surface area contributed by atoms with Gasteiger partial charge in [-0.3, -0.25) is 0 Å². The Labute approximate surface area is 86.8 Å². The lowest BCUT2D eigenvalue weighted by atomic mass is 10.1. The van der Waals surface area contributed by atoms with E-state index < -0.39 is 0 Å². The predicted octanol–water partition coefficient (Wildman–Crippen LogP) is 1.52. The first kappa shape index (κ1) is 8.11. The summed E-state index contributed by atoms with van der Waals surface area (Å²) in [5.41, 5.74) is 5.59. The minimum atomic E-state index is 0.290. The highest BCUT2D eigenvalue weighted by Gasteiger charge is 2.14. The fraction of sp³-hybridized carbons (Fsp3) is 0. The number of rotatable bonds is 0. The van der Waals surface area contributed by atoms with Gasteiger partial charge in [0.2, 0.25) is 0 Å². The van der Waals surface area contributed by atoms with Gasteiger partial charge in [-0.2, -0.15) is 5.10 Å². The quantitative estimate of drug-likeness (QED) is 0.666. The second-order valence-corrected chi connectivity index (χ2v) is 3.39. The van der Waals surface area contributed by atoms with Crippen molar-refractivity contribution in [2.75, 3.05) is 0 Å². The van der Waals surface area contributed by atoms with Crippen molar-refractivity contribution in [1.29, 1.82) is 0 Å². The maximum atomic E-state index is 9.69. The molecule has 4 heteroatoms. The summed E-state index contributed by atoms with van der Waals surface area (Å²) in [5.74, 6) is 0.290. The summed E-state index contributed by atoms with van der Waals surface area (Å²) in [4.78, 5) is 0. The molecule has 0 bridgehead atoms. The summed E-state index contributed by atoms with van der Waals surface area (Å²) >= 11 is 0. The lowest BCUT2D eigenvalue weighted by Crippen LogP contribution is -2.21. The SMILES string of the molecule is Oc1cccc2c1C=CN1NN=CC1=C2. The van der Waals surface area contributed by atoms with Gasteiger partial charge in [-0.15, -0.1) is 0 Å². The number of nitrogens with one attached hydrogen (secondary N) is 1. The standard InChI is InChI=1S/C11H9N3O/c15-11-3-1-2-8-6-9-7-12-13-14(9)5-4-10(8)11/h1-7,13,15H. The van der Waals surface area contributed by atoms with E-state index in [-0.39, 0.29) is 0 Å². The fourth-order valence-corrected chi connectivity index (χ4v) is 1.69. The Morgan fingerprint density at radius 2 is 2.27 bits per heavy atom. The van der Waals surface area contributed by atoms with E-state index in [0.717, 1.165) is 16.8 Å². The normalized spacial score (nSPS) is 16.5. The Kier molecular flexibility index (Phi) is 1.56. The van der Waals surface area contributed by atoms with Gasteiger partial charge in [0.15, 0.2) is 0 Å². The number of aromatic hydroxyl groups is 1. The second kappa shape index (κ2) is 2.88. The Hall–Kier alpha value is -2.23. The van der Waals surface area contributed by atoms with Crippen molar-refractivity contribution in [3.63, 3.8) is 0 Å². The summed E-state index contributed by atoms with van der Waals surface area (Å²) in [7, 11) is 0. The van der Waals surface area contributed by atoms with Crippen molar-refractivity contribution in [2.45, 2.75) is 0 Å². The van der Waals surface area contributed by atoms with Gasteiger partial charge >= 0.3 is 0 Å². The summed E-state index contributed by atoms with van der Waals surface area (Å²) in [6.45, 7) is 0. The van der Waals surface area contributed by atoms with Crippen LogP contribution in [0.25, 0.3) is 12.2 Å². The number of hydrogen-bond acceptors (Lipinski definition) is 4. The molecule has 2 aliphatic heterocycles. The molecule has 2 aliphatic rings. The van der Waals surface area contributed by atoms with E-state index in [1.165, 1.54) is 0 Å². The number of hydrazone groups is 1. The third-order valence-electron chi connectivity index (χ3n) is 2.45. The zero-order valence-corrected chi connectivity index (χ0v) is 7.88. The number of hydrazine groups is 1. The molecule has 1 aromatic carbocycles. The number of phenolic OH excluding ortho intramolecular Hbond substituents is 1. The van der Waals surface area contributed by atoms with Crippen LogP contribution in [0.5, 0.6) is 5.75 Å². The molecule has 4 nitrogen and oxygen atoms in total. The average molecular weight is 199 g/mol. The van der Waals surface area contributed by atoms with Crippen LogP contribution in [0.2, 0.25) is 0 Å². The van der Waals surface area contributed by atoms with Crippen LogP contribution in [0.3, 0.4) is 0 Å². The van der Waals surface area contributed by atoms with Gasteiger partial charge < -0.3 is 5.11 Å². The van der Waals surface area contributed by atoms with E-state index in [4.69, 9.17) is 0 Å². The van der Waals surface area contributed by atoms with Crippen LogP contribution in [-0.2, 0) is 0 Å². The molecule has 3 rings (SSSR count). The van der Waals surface area contributed by atoms with Crippen LogP contribution in [-0.4, -0.2) is 16.3 Å². The van der Waals surface area contributed by atoms with Crippen LogP contribution in [0, 0.1) is 0 Å². The first-order valence-electron chi connectivity index (χ1n) is 4.64. The van der Waals surface area contributed by atoms with Gasteiger partial charge in [0, 0.05) is 11.8 Å². The van der Waals surface area contributed by atoms with Crippen molar-refractivity contribution in [3.05, 3.63) is 41.2 Å². The van der Waals surface area contributed by atoms with Crippen LogP contribution in [0.15, 0.2) is 35.2 Å². The Morgan fingerprint density at radius 3 is 3.20 bits per heavy atom. The monoisotopic (exact) mass is 199 g/mol. The summed E-state index contributed by atoms with van der Waals surface area (Å²) < 4.78 is 0. The first-order chi connectivity index (χ1) is 7.34. The van der Waals surface area contributed by atoms with Gasteiger partial charge in [-0.25, -0.2) is 10.5 Å². The fourth-order valence-electron chi connectivity index (χ4n) is 1.69. The predicted molar refractivity (Wildman–Crippen MR) is 58.6 cm³/mol. The smallest absolute Gasteiger partial charge is 0.123 e. The molecular weight excluding hydrogens is 190 g/mol. The highest BCUT2D eigenvalue weighted by atomic mass is 16.3. The van der Waals surface area contributed by atoms with Crippen molar-refractivity contribution < 1.29 is 5.11 Å². The first-order valence-corrected chi connectivity index (χ1v) is 4.64. The topological polar surface area (TPSA) is 47.9 Å². The van der Waals surface area contributed by atoms with Gasteiger partial charge in [0.05, 0.1) is 11.9 Å². The maximum absolute atomic E-state index is 9.69. The van der Waals surface area contributed by atoms with E-state index in [0.29, 0.717) is 5.75 Å². The molecule has 2 N–H and O–H groups in total. The molecule has 15 heavy (non-hydrogen) atoms. The average Bonchev–Trinajstić information content (AvgIpc) is 2.58. The van der Waals surface area contributed by atoms with Gasteiger partial charge in [-0.1, -0.05) is 12.1 Å². The molecule has 0 radical (unpaired) electrons. The molecule has 0 aromatic heterocycles. The Bertz CT molecular complexity index is 503. The molecule has 1 aromatic rings. The lowest BCUT2D eigenvalue weighted by molar-refractivity contribution is 0.393. The van der Waals surface area contributed by atoms with E-state index in [1.807, 2.05) is 30.5 Å². The summed E-state index contributed by atoms with van der Waals surface area (Å²) in [5, 5.41) is 15.4. The molecule has 74 valence electrons. The van der Waals surface area contributed by atoms with E-state index in [1.54, 1.807) is 17.3 Å². The van der Waals surface area contributed by atoms with Crippen LogP contribution < -0.4 is 5.53 Å². The molecule has 0 unspecified atom stereocenters. The molecule has 0 saturated carbocycles. The summed E-state index contributed by atoms with van der Waals surface area (Å²) in [6.07, 6.45) is 7.41. The molecule has 0 fully saturated rings. The Balaban J connectivity index is 2.22. The minimum absolute atomic E-state index is 0.290. The van der Waals surface area contributed by atoms with Crippen molar-refractivity contribution in [3.8, 4) is 5.75 Å². The number of allylic oxidation sites excluding steroid dienone is 1. The molecule has 0 saturated heterocycles. The number of fused-ring (bicyclic) bond motifs is 2. The molecule has 2 heterocycles. The molecule has 0 spiro atoms. The molecule has 0 atom stereocenters. The Morgan fingerprint density at radius 1 is 1.33 bits per heavy atom. The number of nitrogens with zero attached hydrogens (tertiary/aromatic N) is 2. The zero-order valence-electron chi connectivity index (χ0n) is 7.88. The van der Waals surface area contributed by atoms with Crippen molar-refractivity contribution >= 4 is 18.4 Å². The third-order valence-corrected chi connectivity index (χ3v) is 2.45. The second-order valence-electron chi connectivity index (χ2n) is 3.39. The van der Waals surface area contributed by atoms with Crippen molar-refractivity contribution in [1.82, 2.24) is 10.5 Å². The maximum Gasteiger partial charge on any atom is 0.123 e. The number of phenols is 1. The summed E-state index contributed by atoms with van der Waals surface area (Å²) in [6, 6.07) is 5.47. The van der Waals surface area contributed by atoms with E-state index in [2.05, 4.69) is 10.6 Å². The largest absolute Gasteiger partial charge is 0.507 e. The molecular formula is C11H9N3O. The van der Waals surface area contributed by atoms with Gasteiger partial charge in [-0.05, 0) is 23.8 Å². The van der Waals surface area contributed by atoms with Crippen molar-refractivity contribution in [2.24, 2.45) is 5.10 Å². The highest BCUT2D eigenvalue weighted by molar-refractivity contribution is 5.89. The highest BCUT2D eigenvalue weighted by Crippen LogP contribution is 2.27. The van der Waals surface area contributed by atoms with Gasteiger partial charge in [0.25, 0.3) is 0 Å². The van der Waals surface area contributed by atoms with Crippen LogP contribution in [0.1, 0.15) is 11.1 Å². The number of hydrogen-bond donors (Lipinski definition) is 2. The molecule has 0 aliphatic carbocycles. The molecule has 0 amide bonds. The third kappa shape index (κ3) is 1.19. The van der Waals surface area contributed by atoms with Gasteiger partial charge in [0.1, 0.15) is 5.75 Å². The van der Waals surface area contributed by atoms with E-state index in [9.17, 15) is 5.11 Å². The lowest BCUT2D eigenvalue weighted by Gasteiger charge is -2.10. The zero-order chi connectivity index (χ0) is 10.3. The minimum Gasteiger partial charge on any atom is -0.507 e. The van der Waals surface area contributed by atoms with Crippen LogP contribution >= 0.6 is 0 Å².